The highest BCUT2D eigenvalue weighted by Gasteiger charge is 2.33. The van der Waals surface area contributed by atoms with Crippen molar-refractivity contribution in [2.75, 3.05) is 52.8 Å². The van der Waals surface area contributed by atoms with Gasteiger partial charge in [-0.15, -0.1) is 0 Å². The molecule has 2 aromatic heterocycles. The van der Waals surface area contributed by atoms with Crippen LogP contribution in [-0.2, 0) is 4.79 Å². The highest BCUT2D eigenvalue weighted by molar-refractivity contribution is 5.88. The number of rotatable bonds is 7. The molecule has 0 saturated carbocycles. The lowest BCUT2D eigenvalue weighted by atomic mass is 10.1. The summed E-state index contributed by atoms with van der Waals surface area (Å²) in [5.74, 6) is 0.443. The molecule has 1 aliphatic rings. The zero-order chi connectivity index (χ0) is 21.0. The molecule has 0 aromatic carbocycles. The minimum absolute atomic E-state index is 0.00718. The zero-order valence-electron chi connectivity index (χ0n) is 17.1. The molecular formula is C20H26N6O3. The number of nitrogens with zero attached hydrogens (tertiary/aromatic N) is 5. The summed E-state index contributed by atoms with van der Waals surface area (Å²) in [5, 5.41) is 0. The average molecular weight is 398 g/mol. The largest absolute Gasteiger partial charge is 0.481 e. The Balaban J connectivity index is 1.69. The van der Waals surface area contributed by atoms with E-state index in [0.717, 1.165) is 12.1 Å². The van der Waals surface area contributed by atoms with Gasteiger partial charge in [0.15, 0.2) is 0 Å². The number of nitrogens with one attached hydrogen (secondary N) is 1. The smallest absolute Gasteiger partial charge is 0.271 e. The number of likely N-dealkylation sites (N-methyl/N-ethyl adjacent to an activating group) is 2. The summed E-state index contributed by atoms with van der Waals surface area (Å²) in [6, 6.07) is 3.58. The second-order valence-corrected chi connectivity index (χ2v) is 7.22. The molecule has 3 rings (SSSR count). The summed E-state index contributed by atoms with van der Waals surface area (Å²) in [6.45, 7) is 1.87. The van der Waals surface area contributed by atoms with Crippen molar-refractivity contribution in [2.24, 2.45) is 0 Å². The molecule has 0 spiro atoms. The first-order valence-corrected chi connectivity index (χ1v) is 9.31. The number of H-pyrrole nitrogens is 1. The van der Waals surface area contributed by atoms with Gasteiger partial charge in [-0.05, 0) is 20.2 Å². The molecule has 3 heterocycles. The van der Waals surface area contributed by atoms with Gasteiger partial charge in [-0.2, -0.15) is 0 Å². The number of anilines is 1. The fourth-order valence-electron chi connectivity index (χ4n) is 3.04. The molecule has 9 nitrogen and oxygen atoms in total. The van der Waals surface area contributed by atoms with Crippen LogP contribution in [0.5, 0.6) is 5.88 Å². The molecule has 0 atom stereocenters. The molecule has 1 fully saturated rings. The van der Waals surface area contributed by atoms with E-state index in [1.807, 2.05) is 37.0 Å². The third-order valence-electron chi connectivity index (χ3n) is 4.86. The van der Waals surface area contributed by atoms with E-state index < -0.39 is 0 Å². The van der Waals surface area contributed by atoms with E-state index in [0.29, 0.717) is 30.4 Å². The van der Waals surface area contributed by atoms with Crippen LogP contribution in [0, 0.1) is 0 Å². The van der Waals surface area contributed by atoms with Gasteiger partial charge in [0, 0.05) is 50.6 Å². The molecule has 0 unspecified atom stereocenters. The summed E-state index contributed by atoms with van der Waals surface area (Å²) in [5.41, 5.74) is 1.75. The molecule has 2 aromatic rings. The van der Waals surface area contributed by atoms with Gasteiger partial charge < -0.3 is 24.4 Å². The maximum atomic E-state index is 12.4. The van der Waals surface area contributed by atoms with Crippen LogP contribution in [0.1, 0.15) is 0 Å². The Labute approximate surface area is 169 Å². The van der Waals surface area contributed by atoms with Crippen LogP contribution in [0.2, 0.25) is 0 Å². The van der Waals surface area contributed by atoms with Crippen molar-refractivity contribution < 1.29 is 9.53 Å². The number of aromatic amines is 1. The number of carbonyl (C=O) groups excluding carboxylic acids is 1. The quantitative estimate of drug-likeness (QED) is 0.683. The first-order chi connectivity index (χ1) is 13.9. The monoisotopic (exact) mass is 398 g/mol. The van der Waals surface area contributed by atoms with Crippen molar-refractivity contribution in [1.82, 2.24) is 24.8 Å². The highest BCUT2D eigenvalue weighted by atomic mass is 16.5. The van der Waals surface area contributed by atoms with E-state index in [4.69, 9.17) is 4.74 Å². The van der Waals surface area contributed by atoms with Gasteiger partial charge in [-0.3, -0.25) is 9.59 Å². The van der Waals surface area contributed by atoms with Crippen LogP contribution in [-0.4, -0.2) is 84.6 Å². The molecule has 0 aliphatic carbocycles. The third-order valence-corrected chi connectivity index (χ3v) is 4.86. The molecule has 9 heteroatoms. The maximum absolute atomic E-state index is 12.4. The minimum atomic E-state index is -0.187. The Hall–Kier alpha value is -3.20. The summed E-state index contributed by atoms with van der Waals surface area (Å²) in [4.78, 5) is 41.2. The molecule has 1 amide bonds. The predicted octanol–water partition coefficient (Wildman–Crippen LogP) is 0.605. The molecule has 29 heavy (non-hydrogen) atoms. The molecule has 1 aliphatic heterocycles. The van der Waals surface area contributed by atoms with Gasteiger partial charge in [-0.25, -0.2) is 9.97 Å². The third kappa shape index (κ3) is 4.80. The molecule has 1 saturated heterocycles. The fraction of sp³-hybridized carbons (Fsp3) is 0.400. The Morgan fingerprint density at radius 1 is 1.31 bits per heavy atom. The summed E-state index contributed by atoms with van der Waals surface area (Å²) < 4.78 is 5.14. The van der Waals surface area contributed by atoms with E-state index >= 15 is 0 Å². The topological polar surface area (TPSA) is 94.7 Å². The van der Waals surface area contributed by atoms with Gasteiger partial charge in [0.1, 0.15) is 12.0 Å². The van der Waals surface area contributed by atoms with Crippen LogP contribution >= 0.6 is 0 Å². The number of carbonyl (C=O) groups is 1. The number of hydrogen-bond donors (Lipinski definition) is 1. The number of amides is 1. The van der Waals surface area contributed by atoms with E-state index in [1.54, 1.807) is 29.3 Å². The minimum Gasteiger partial charge on any atom is -0.481 e. The van der Waals surface area contributed by atoms with Gasteiger partial charge in [0.05, 0.1) is 18.8 Å². The average Bonchev–Trinajstić information content (AvgIpc) is 2.66. The number of hydrogen-bond acceptors (Lipinski definition) is 7. The number of methoxy groups -OCH3 is 1. The predicted molar refractivity (Wildman–Crippen MR) is 111 cm³/mol. The zero-order valence-corrected chi connectivity index (χ0v) is 17.1. The second-order valence-electron chi connectivity index (χ2n) is 7.22. The number of ether oxygens (including phenoxy) is 1. The molecule has 0 bridgehead atoms. The van der Waals surface area contributed by atoms with Crippen LogP contribution < -0.4 is 15.2 Å². The Bertz CT molecular complexity index is 949. The molecular weight excluding hydrogens is 372 g/mol. The summed E-state index contributed by atoms with van der Waals surface area (Å²) >= 11 is 0. The van der Waals surface area contributed by atoms with Crippen molar-refractivity contribution in [3.8, 4) is 17.1 Å². The van der Waals surface area contributed by atoms with Gasteiger partial charge in [0.25, 0.3) is 5.56 Å². The maximum Gasteiger partial charge on any atom is 0.271 e. The fourth-order valence-corrected chi connectivity index (χ4v) is 3.04. The number of pyridine rings is 1. The Morgan fingerprint density at radius 2 is 2.07 bits per heavy atom. The van der Waals surface area contributed by atoms with Crippen molar-refractivity contribution in [3.63, 3.8) is 0 Å². The second kappa shape index (κ2) is 8.87. The van der Waals surface area contributed by atoms with E-state index in [2.05, 4.69) is 15.0 Å². The van der Waals surface area contributed by atoms with Gasteiger partial charge in [-0.1, -0.05) is 6.08 Å². The van der Waals surface area contributed by atoms with Crippen LogP contribution in [0.15, 0.2) is 41.6 Å². The van der Waals surface area contributed by atoms with Crippen molar-refractivity contribution in [2.45, 2.75) is 6.04 Å². The lowest BCUT2D eigenvalue weighted by Crippen LogP contribution is -2.60. The number of likely N-dealkylation sites (tertiary alicyclic amines) is 1. The van der Waals surface area contributed by atoms with Crippen molar-refractivity contribution >= 4 is 11.6 Å². The van der Waals surface area contributed by atoms with E-state index in [9.17, 15) is 9.59 Å². The summed E-state index contributed by atoms with van der Waals surface area (Å²) in [7, 11) is 7.31. The van der Waals surface area contributed by atoms with Crippen molar-refractivity contribution in [1.29, 1.82) is 0 Å². The Kier molecular flexibility index (Phi) is 6.28. The van der Waals surface area contributed by atoms with Crippen molar-refractivity contribution in [3.05, 3.63) is 47.2 Å². The van der Waals surface area contributed by atoms with Gasteiger partial charge >= 0.3 is 0 Å². The van der Waals surface area contributed by atoms with Gasteiger partial charge in [0.2, 0.25) is 11.8 Å². The standard InChI is InChI=1S/C20H26N6O3/c1-24(2)7-5-6-19(27)26-11-15(12-26)25(3)17-8-14(10-21-20(17)28)16-9-18(29-4)23-13-22-16/h5-6,8-10,13,15H,7,11-12H2,1-4H3,(H,21,28). The molecule has 1 N–H and O–H groups in total. The van der Waals surface area contributed by atoms with E-state index in [-0.39, 0.29) is 17.5 Å². The molecule has 0 radical (unpaired) electrons. The first kappa shape index (κ1) is 20.5. The van der Waals surface area contributed by atoms with Crippen LogP contribution in [0.4, 0.5) is 5.69 Å². The Morgan fingerprint density at radius 3 is 2.76 bits per heavy atom. The highest BCUT2D eigenvalue weighted by Crippen LogP contribution is 2.24. The normalized spacial score (nSPS) is 14.3. The SMILES string of the molecule is COc1cc(-c2c[nH]c(=O)c(N(C)C3CN(C(=O)C=CCN(C)C)C3)c2)ncn1. The lowest BCUT2D eigenvalue weighted by molar-refractivity contribution is -0.130. The summed E-state index contributed by atoms with van der Waals surface area (Å²) in [6.07, 6.45) is 6.49. The lowest BCUT2D eigenvalue weighted by Gasteiger charge is -2.44. The number of aromatic nitrogens is 3. The van der Waals surface area contributed by atoms with Crippen LogP contribution in [0.25, 0.3) is 11.3 Å². The van der Waals surface area contributed by atoms with E-state index in [1.165, 1.54) is 13.4 Å². The first-order valence-electron chi connectivity index (χ1n) is 9.31. The van der Waals surface area contributed by atoms with Crippen LogP contribution in [0.3, 0.4) is 0 Å². The molecule has 154 valence electrons.